The Labute approximate surface area is 213 Å². The molecule has 36 heavy (non-hydrogen) atoms. The van der Waals surface area contributed by atoms with E-state index in [1.54, 1.807) is 12.1 Å². The third-order valence-electron chi connectivity index (χ3n) is 7.55. The fourth-order valence-corrected chi connectivity index (χ4v) is 7.05. The number of sulfone groups is 1. The largest absolute Gasteiger partial charge is 0.393 e. The molecule has 3 aromatic rings. The number of benzene rings is 1. The van der Waals surface area contributed by atoms with Crippen molar-refractivity contribution in [2.75, 3.05) is 25.1 Å². The van der Waals surface area contributed by atoms with Crippen molar-refractivity contribution in [3.8, 4) is 11.1 Å². The molecule has 8 nitrogen and oxygen atoms in total. The maximum atomic E-state index is 13.1. The molecule has 1 aliphatic carbocycles. The normalized spacial score (nSPS) is 21.6. The van der Waals surface area contributed by atoms with Gasteiger partial charge >= 0.3 is 0 Å². The highest BCUT2D eigenvalue weighted by atomic mass is 32.2. The summed E-state index contributed by atoms with van der Waals surface area (Å²) >= 11 is 0. The first kappa shape index (κ1) is 25.2. The molecule has 1 saturated heterocycles. The zero-order valence-corrected chi connectivity index (χ0v) is 21.7. The summed E-state index contributed by atoms with van der Waals surface area (Å²) in [6.45, 7) is 3.97. The van der Waals surface area contributed by atoms with E-state index >= 15 is 0 Å². The molecule has 5 rings (SSSR count). The van der Waals surface area contributed by atoms with Crippen LogP contribution in [-0.2, 0) is 14.6 Å². The lowest BCUT2D eigenvalue weighted by Crippen LogP contribution is -2.28. The predicted molar refractivity (Wildman–Crippen MR) is 141 cm³/mol. The molecule has 0 radical (unpaired) electrons. The van der Waals surface area contributed by atoms with E-state index in [-0.39, 0.29) is 17.4 Å². The summed E-state index contributed by atoms with van der Waals surface area (Å²) in [7, 11) is -3.38. The van der Waals surface area contributed by atoms with Gasteiger partial charge in [-0.15, -0.1) is 0 Å². The van der Waals surface area contributed by atoms with E-state index in [9.17, 15) is 13.5 Å². The molecule has 2 aromatic heterocycles. The Balaban J connectivity index is 1.49. The zero-order chi connectivity index (χ0) is 25.1. The molecule has 0 bridgehead atoms. The quantitative estimate of drug-likeness (QED) is 0.420. The molecule has 2 fully saturated rings. The first-order chi connectivity index (χ1) is 17.5. The van der Waals surface area contributed by atoms with Crippen LogP contribution in [-0.4, -0.2) is 59.2 Å². The van der Waals surface area contributed by atoms with Gasteiger partial charge in [0.1, 0.15) is 5.65 Å². The number of aromatic nitrogens is 3. The van der Waals surface area contributed by atoms with E-state index in [2.05, 4.69) is 28.0 Å². The first-order valence-corrected chi connectivity index (χ1v) is 14.7. The van der Waals surface area contributed by atoms with E-state index in [0.717, 1.165) is 67.2 Å². The van der Waals surface area contributed by atoms with Crippen LogP contribution >= 0.6 is 0 Å². The van der Waals surface area contributed by atoms with Gasteiger partial charge in [-0.2, -0.15) is 4.98 Å². The van der Waals surface area contributed by atoms with Gasteiger partial charge in [0, 0.05) is 49.1 Å². The second-order valence-electron chi connectivity index (χ2n) is 10.0. The monoisotopic (exact) mass is 512 g/mol. The smallest absolute Gasteiger partial charge is 0.224 e. The Morgan fingerprint density at radius 3 is 2.50 bits per heavy atom. The van der Waals surface area contributed by atoms with Crippen LogP contribution in [0.3, 0.4) is 0 Å². The second kappa shape index (κ2) is 10.9. The minimum Gasteiger partial charge on any atom is -0.393 e. The number of hydrogen-bond acceptors (Lipinski definition) is 7. The van der Waals surface area contributed by atoms with Crippen molar-refractivity contribution in [3.05, 3.63) is 36.7 Å². The maximum Gasteiger partial charge on any atom is 0.224 e. The standard InChI is InChI=1S/C27H36N4O4S/c1-2-3-14-28-27-29-17-24-25(18-31(26(24)30-27)20-6-8-21(32)9-7-20)19-4-10-22(11-5-19)36(33,34)23-12-15-35-16-13-23/h4-5,10-11,17-18,20-21,23,32H,2-3,6-9,12-16H2,1H3,(H,28,29,30)/t20-,21-. The highest BCUT2D eigenvalue weighted by Gasteiger charge is 2.29. The summed E-state index contributed by atoms with van der Waals surface area (Å²) in [5.74, 6) is 0.621. The number of unbranched alkanes of at least 4 members (excludes halogenated alkanes) is 1. The molecular weight excluding hydrogens is 476 g/mol. The van der Waals surface area contributed by atoms with E-state index < -0.39 is 9.84 Å². The summed E-state index contributed by atoms with van der Waals surface area (Å²) in [5.41, 5.74) is 2.81. The van der Waals surface area contributed by atoms with Gasteiger partial charge in [-0.25, -0.2) is 13.4 Å². The number of aliphatic hydroxyl groups excluding tert-OH is 1. The topological polar surface area (TPSA) is 106 Å². The number of anilines is 1. The Morgan fingerprint density at radius 2 is 1.81 bits per heavy atom. The average molecular weight is 513 g/mol. The Bertz CT molecular complexity index is 1280. The summed E-state index contributed by atoms with van der Waals surface area (Å²) in [5, 5.41) is 13.9. The zero-order valence-electron chi connectivity index (χ0n) is 20.9. The summed E-state index contributed by atoms with van der Waals surface area (Å²) in [6.07, 6.45) is 10.4. The Hall–Kier alpha value is -2.49. The fourth-order valence-electron chi connectivity index (χ4n) is 5.34. The predicted octanol–water partition coefficient (Wildman–Crippen LogP) is 4.74. The number of nitrogens with one attached hydrogen (secondary N) is 1. The first-order valence-electron chi connectivity index (χ1n) is 13.2. The number of fused-ring (bicyclic) bond motifs is 1. The van der Waals surface area contributed by atoms with Gasteiger partial charge in [-0.05, 0) is 62.6 Å². The number of rotatable bonds is 8. The lowest BCUT2D eigenvalue weighted by molar-refractivity contribution is 0.0983. The Kier molecular flexibility index (Phi) is 7.60. The average Bonchev–Trinajstić information content (AvgIpc) is 3.29. The minimum absolute atomic E-state index is 0.228. The van der Waals surface area contributed by atoms with Crippen molar-refractivity contribution < 1.29 is 18.3 Å². The molecule has 1 saturated carbocycles. The molecule has 0 spiro atoms. The highest BCUT2D eigenvalue weighted by Crippen LogP contribution is 2.37. The summed E-state index contributed by atoms with van der Waals surface area (Å²) in [6, 6.07) is 7.49. The molecule has 194 valence electrons. The van der Waals surface area contributed by atoms with Gasteiger partial charge in [0.2, 0.25) is 5.95 Å². The minimum atomic E-state index is -3.38. The van der Waals surface area contributed by atoms with E-state index in [1.165, 1.54) is 0 Å². The van der Waals surface area contributed by atoms with Crippen molar-refractivity contribution in [2.24, 2.45) is 0 Å². The van der Waals surface area contributed by atoms with Crippen LogP contribution in [0.1, 0.15) is 64.3 Å². The molecule has 9 heteroatoms. The number of nitrogens with zero attached hydrogens (tertiary/aromatic N) is 3. The fraction of sp³-hybridized carbons (Fsp3) is 0.556. The van der Waals surface area contributed by atoms with Gasteiger partial charge < -0.3 is 19.7 Å². The van der Waals surface area contributed by atoms with Crippen molar-refractivity contribution in [1.82, 2.24) is 14.5 Å². The van der Waals surface area contributed by atoms with Gasteiger partial charge in [0.05, 0.1) is 16.2 Å². The third-order valence-corrected chi connectivity index (χ3v) is 9.82. The van der Waals surface area contributed by atoms with E-state index in [4.69, 9.17) is 9.72 Å². The number of aliphatic hydroxyl groups is 1. The van der Waals surface area contributed by atoms with Crippen LogP contribution < -0.4 is 5.32 Å². The maximum absolute atomic E-state index is 13.1. The molecule has 1 aliphatic heterocycles. The van der Waals surface area contributed by atoms with Gasteiger partial charge in [-0.3, -0.25) is 0 Å². The third kappa shape index (κ3) is 5.14. The lowest BCUT2D eigenvalue weighted by atomic mass is 9.93. The number of hydrogen-bond donors (Lipinski definition) is 2. The SMILES string of the molecule is CCCCNc1ncc2c(-c3ccc(S(=O)(=O)C4CCOCC4)cc3)cn([C@H]3CC[C@H](O)CC3)c2n1. The molecule has 0 atom stereocenters. The molecule has 0 amide bonds. The summed E-state index contributed by atoms with van der Waals surface area (Å²) < 4.78 is 33.8. The van der Waals surface area contributed by atoms with E-state index in [1.807, 2.05) is 18.3 Å². The van der Waals surface area contributed by atoms with Crippen molar-refractivity contribution in [2.45, 2.75) is 80.6 Å². The van der Waals surface area contributed by atoms with Crippen LogP contribution in [0.4, 0.5) is 5.95 Å². The lowest BCUT2D eigenvalue weighted by Gasteiger charge is -2.27. The Morgan fingerprint density at radius 1 is 1.08 bits per heavy atom. The van der Waals surface area contributed by atoms with Crippen molar-refractivity contribution in [1.29, 1.82) is 0 Å². The van der Waals surface area contributed by atoms with Crippen molar-refractivity contribution >= 4 is 26.8 Å². The van der Waals surface area contributed by atoms with Crippen LogP contribution in [0.15, 0.2) is 41.6 Å². The second-order valence-corrected chi connectivity index (χ2v) is 12.2. The van der Waals surface area contributed by atoms with Crippen LogP contribution in [0.2, 0.25) is 0 Å². The molecule has 3 heterocycles. The van der Waals surface area contributed by atoms with Crippen LogP contribution in [0.25, 0.3) is 22.2 Å². The van der Waals surface area contributed by atoms with Crippen molar-refractivity contribution in [3.63, 3.8) is 0 Å². The molecule has 2 aliphatic rings. The van der Waals surface area contributed by atoms with Gasteiger partial charge in [0.15, 0.2) is 9.84 Å². The van der Waals surface area contributed by atoms with Crippen LogP contribution in [0.5, 0.6) is 0 Å². The van der Waals surface area contributed by atoms with Gasteiger partial charge in [-0.1, -0.05) is 25.5 Å². The highest BCUT2D eigenvalue weighted by molar-refractivity contribution is 7.92. The van der Waals surface area contributed by atoms with E-state index in [0.29, 0.717) is 36.9 Å². The van der Waals surface area contributed by atoms with Gasteiger partial charge in [0.25, 0.3) is 0 Å². The summed E-state index contributed by atoms with van der Waals surface area (Å²) in [4.78, 5) is 9.81. The van der Waals surface area contributed by atoms with Crippen LogP contribution in [0, 0.1) is 0 Å². The number of ether oxygens (including phenoxy) is 1. The molecule has 2 N–H and O–H groups in total. The molecule has 0 unspecified atom stereocenters. The molecule has 1 aromatic carbocycles. The molecular formula is C27H36N4O4S.